The van der Waals surface area contributed by atoms with Crippen LogP contribution in [0.3, 0.4) is 0 Å². The van der Waals surface area contributed by atoms with Gasteiger partial charge in [-0.25, -0.2) is 18.7 Å². The maximum absolute atomic E-state index is 13.7. The minimum atomic E-state index is -0.501. The molecule has 162 valence electrons. The summed E-state index contributed by atoms with van der Waals surface area (Å²) in [6, 6.07) is 12.3. The van der Waals surface area contributed by atoms with Crippen molar-refractivity contribution < 1.29 is 18.7 Å². The molecule has 9 heteroatoms. The number of hydrogen-bond donors (Lipinski definition) is 2. The Hall–Kier alpha value is -3.85. The molecule has 3 aromatic heterocycles. The zero-order chi connectivity index (χ0) is 22.2. The average Bonchev–Trinajstić information content (AvgIpc) is 3.11. The minimum Gasteiger partial charge on any atom is -0.389 e. The van der Waals surface area contributed by atoms with Crippen LogP contribution >= 0.6 is 0 Å². The third-order valence-corrected chi connectivity index (χ3v) is 5.38. The molecule has 32 heavy (non-hydrogen) atoms. The van der Waals surface area contributed by atoms with Crippen LogP contribution in [0.15, 0.2) is 60.9 Å². The smallest absolute Gasteiger partial charge is 0.272 e. The van der Waals surface area contributed by atoms with Crippen molar-refractivity contribution in [3.05, 3.63) is 83.8 Å². The van der Waals surface area contributed by atoms with Crippen LogP contribution in [-0.4, -0.2) is 44.7 Å². The predicted molar refractivity (Wildman–Crippen MR) is 116 cm³/mol. The Balaban J connectivity index is 1.43. The molecule has 0 unspecified atom stereocenters. The number of nitrogens with one attached hydrogen (secondary N) is 1. The lowest BCUT2D eigenvalue weighted by atomic mass is 10.2. The van der Waals surface area contributed by atoms with Crippen LogP contribution in [0.2, 0.25) is 0 Å². The van der Waals surface area contributed by atoms with E-state index < -0.39 is 11.7 Å². The van der Waals surface area contributed by atoms with Crippen molar-refractivity contribution in [3.63, 3.8) is 0 Å². The quantitative estimate of drug-likeness (QED) is 0.503. The number of nitrogens with zero attached hydrogens (tertiary/aromatic N) is 4. The molecule has 4 aromatic rings. The van der Waals surface area contributed by atoms with Gasteiger partial charge in [0, 0.05) is 25.0 Å². The third-order valence-electron chi connectivity index (χ3n) is 5.38. The SMILES string of the molecule is O=C(Nc1ccc(N2CC(O)C2)nc1)c1cc2cc(F)cnc2n1Cc1ccc(F)cc1. The Labute approximate surface area is 182 Å². The van der Waals surface area contributed by atoms with Gasteiger partial charge in [-0.15, -0.1) is 0 Å². The molecule has 0 spiro atoms. The molecular weight excluding hydrogens is 416 g/mol. The number of anilines is 2. The molecule has 0 radical (unpaired) electrons. The van der Waals surface area contributed by atoms with Crippen molar-refractivity contribution in [3.8, 4) is 0 Å². The van der Waals surface area contributed by atoms with E-state index in [1.165, 1.54) is 18.2 Å². The lowest BCUT2D eigenvalue weighted by Gasteiger charge is -2.36. The zero-order valence-electron chi connectivity index (χ0n) is 16.9. The van der Waals surface area contributed by atoms with Crippen LogP contribution in [0.1, 0.15) is 16.1 Å². The number of carbonyl (C=O) groups is 1. The second kappa shape index (κ2) is 8.01. The van der Waals surface area contributed by atoms with Gasteiger partial charge in [-0.05, 0) is 42.0 Å². The van der Waals surface area contributed by atoms with Gasteiger partial charge in [0.1, 0.15) is 28.8 Å². The van der Waals surface area contributed by atoms with Gasteiger partial charge in [0.15, 0.2) is 0 Å². The minimum absolute atomic E-state index is 0.264. The Morgan fingerprint density at radius 2 is 1.81 bits per heavy atom. The fourth-order valence-electron chi connectivity index (χ4n) is 3.72. The zero-order valence-corrected chi connectivity index (χ0v) is 16.9. The number of carbonyl (C=O) groups excluding carboxylic acids is 1. The molecule has 1 aliphatic heterocycles. The molecule has 1 amide bonds. The maximum atomic E-state index is 13.7. The summed E-state index contributed by atoms with van der Waals surface area (Å²) in [5.74, 6) is -0.537. The van der Waals surface area contributed by atoms with Crippen LogP contribution in [0.4, 0.5) is 20.3 Å². The monoisotopic (exact) mass is 435 g/mol. The van der Waals surface area contributed by atoms with Crippen LogP contribution in [0.5, 0.6) is 0 Å². The van der Waals surface area contributed by atoms with Gasteiger partial charge in [0.25, 0.3) is 5.91 Å². The van der Waals surface area contributed by atoms with Crippen molar-refractivity contribution >= 4 is 28.4 Å². The van der Waals surface area contributed by atoms with E-state index in [2.05, 4.69) is 15.3 Å². The Kier molecular flexibility index (Phi) is 5.02. The lowest BCUT2D eigenvalue weighted by Crippen LogP contribution is -2.51. The maximum Gasteiger partial charge on any atom is 0.272 e. The first-order chi connectivity index (χ1) is 15.5. The number of rotatable bonds is 5. The molecular formula is C23H19F2N5O2. The van der Waals surface area contributed by atoms with Gasteiger partial charge in [-0.3, -0.25) is 4.79 Å². The number of hydrogen-bond acceptors (Lipinski definition) is 5. The number of fused-ring (bicyclic) bond motifs is 1. The molecule has 0 bridgehead atoms. The number of amides is 1. The highest BCUT2D eigenvalue weighted by Gasteiger charge is 2.25. The standard InChI is InChI=1S/C23H19F2N5O2/c24-16-3-1-14(2-4-16)11-30-20(8-15-7-17(25)9-27-22(15)30)23(32)28-18-5-6-21(26-10-18)29-12-19(31)13-29/h1-10,19,31H,11-13H2,(H,28,32). The molecule has 1 saturated heterocycles. The van der Waals surface area contributed by atoms with E-state index in [9.17, 15) is 18.7 Å². The van der Waals surface area contributed by atoms with Gasteiger partial charge >= 0.3 is 0 Å². The second-order valence-electron chi connectivity index (χ2n) is 7.73. The average molecular weight is 435 g/mol. The largest absolute Gasteiger partial charge is 0.389 e. The lowest BCUT2D eigenvalue weighted by molar-refractivity contribution is 0.101. The highest BCUT2D eigenvalue weighted by molar-refractivity contribution is 6.06. The summed E-state index contributed by atoms with van der Waals surface area (Å²) >= 11 is 0. The predicted octanol–water partition coefficient (Wildman–Crippen LogP) is 3.19. The summed E-state index contributed by atoms with van der Waals surface area (Å²) in [6.45, 7) is 1.33. The van der Waals surface area contributed by atoms with E-state index in [-0.39, 0.29) is 24.2 Å². The van der Waals surface area contributed by atoms with Gasteiger partial charge in [-0.2, -0.15) is 0 Å². The number of aliphatic hydroxyl groups excluding tert-OH is 1. The number of benzene rings is 1. The van der Waals surface area contributed by atoms with Crippen LogP contribution in [0, 0.1) is 11.6 Å². The van der Waals surface area contributed by atoms with Crippen molar-refractivity contribution in [2.75, 3.05) is 23.3 Å². The Morgan fingerprint density at radius 3 is 2.50 bits per heavy atom. The molecule has 4 heterocycles. The summed E-state index contributed by atoms with van der Waals surface area (Å²) in [5, 5.41) is 12.7. The summed E-state index contributed by atoms with van der Waals surface area (Å²) in [5.41, 5.74) is 2.01. The first kappa shape index (κ1) is 20.1. The van der Waals surface area contributed by atoms with E-state index in [1.54, 1.807) is 41.1 Å². The van der Waals surface area contributed by atoms with Gasteiger partial charge < -0.3 is 19.9 Å². The molecule has 5 rings (SSSR count). The van der Waals surface area contributed by atoms with Crippen LogP contribution in [-0.2, 0) is 6.54 Å². The fraction of sp³-hybridized carbons (Fsp3) is 0.174. The van der Waals surface area contributed by atoms with Gasteiger partial charge in [-0.1, -0.05) is 12.1 Å². The molecule has 0 saturated carbocycles. The highest BCUT2D eigenvalue weighted by atomic mass is 19.1. The highest BCUT2D eigenvalue weighted by Crippen LogP contribution is 2.23. The first-order valence-electron chi connectivity index (χ1n) is 10.1. The van der Waals surface area contributed by atoms with Crippen molar-refractivity contribution in [1.29, 1.82) is 0 Å². The molecule has 1 fully saturated rings. The topological polar surface area (TPSA) is 83.3 Å². The van der Waals surface area contributed by atoms with E-state index >= 15 is 0 Å². The van der Waals surface area contributed by atoms with Crippen molar-refractivity contribution in [2.24, 2.45) is 0 Å². The molecule has 0 atom stereocenters. The molecule has 0 aliphatic carbocycles. The first-order valence-corrected chi connectivity index (χ1v) is 10.1. The van der Waals surface area contributed by atoms with E-state index in [4.69, 9.17) is 0 Å². The normalized spacial score (nSPS) is 13.9. The number of aliphatic hydroxyl groups is 1. The van der Waals surface area contributed by atoms with E-state index in [0.717, 1.165) is 17.6 Å². The third kappa shape index (κ3) is 3.90. The van der Waals surface area contributed by atoms with Crippen molar-refractivity contribution in [1.82, 2.24) is 14.5 Å². The molecule has 1 aliphatic rings. The molecule has 1 aromatic carbocycles. The summed E-state index contributed by atoms with van der Waals surface area (Å²) in [6.07, 6.45) is 2.31. The van der Waals surface area contributed by atoms with E-state index in [1.807, 2.05) is 4.90 Å². The number of β-amino-alcohol motifs (C(OH)–C–C–N with tert-alkyl or cyclic N) is 1. The Bertz CT molecular complexity index is 1280. The fourth-order valence-corrected chi connectivity index (χ4v) is 3.72. The number of pyridine rings is 2. The Morgan fingerprint density at radius 1 is 1.03 bits per heavy atom. The van der Waals surface area contributed by atoms with Gasteiger partial charge in [0.05, 0.1) is 24.2 Å². The second-order valence-corrected chi connectivity index (χ2v) is 7.73. The number of halogens is 2. The summed E-state index contributed by atoms with van der Waals surface area (Å²) in [7, 11) is 0. The number of aromatic nitrogens is 3. The van der Waals surface area contributed by atoms with Crippen molar-refractivity contribution in [2.45, 2.75) is 12.6 Å². The summed E-state index contributed by atoms with van der Waals surface area (Å²) < 4.78 is 28.7. The molecule has 7 nitrogen and oxygen atoms in total. The van der Waals surface area contributed by atoms with Crippen LogP contribution in [0.25, 0.3) is 11.0 Å². The summed E-state index contributed by atoms with van der Waals surface area (Å²) in [4.78, 5) is 23.5. The van der Waals surface area contributed by atoms with Crippen LogP contribution < -0.4 is 10.2 Å². The van der Waals surface area contributed by atoms with Gasteiger partial charge in [0.2, 0.25) is 0 Å². The van der Waals surface area contributed by atoms with E-state index in [0.29, 0.717) is 29.8 Å². The molecule has 2 N–H and O–H groups in total.